The number of pyridine rings is 1. The molecule has 0 aliphatic rings. The summed E-state index contributed by atoms with van der Waals surface area (Å²) in [4.78, 5) is 16.1. The first-order valence-electron chi connectivity index (χ1n) is 6.03. The van der Waals surface area contributed by atoms with Gasteiger partial charge in [0.2, 0.25) is 0 Å². The maximum Gasteiger partial charge on any atom is 0.348 e. The van der Waals surface area contributed by atoms with Crippen LogP contribution in [0.25, 0.3) is 0 Å². The molecular formula is C14H16N2O3S. The van der Waals surface area contributed by atoms with Crippen molar-refractivity contribution in [1.29, 1.82) is 5.26 Å². The highest BCUT2D eigenvalue weighted by Crippen LogP contribution is 2.31. The number of aliphatic hydroxyl groups excluding tert-OH is 1. The van der Waals surface area contributed by atoms with E-state index in [-0.39, 0.29) is 17.3 Å². The minimum atomic E-state index is -0.623. The van der Waals surface area contributed by atoms with Crippen LogP contribution in [0.2, 0.25) is 0 Å². The van der Waals surface area contributed by atoms with Crippen molar-refractivity contribution in [3.05, 3.63) is 33.6 Å². The molecule has 1 rings (SSSR count). The van der Waals surface area contributed by atoms with E-state index in [2.05, 4.69) is 11.1 Å². The lowest BCUT2D eigenvalue weighted by Crippen LogP contribution is -2.08. The number of ether oxygens (including phenoxy) is 1. The average Bonchev–Trinajstić information content (AvgIpc) is 2.35. The maximum absolute atomic E-state index is 11.8. The van der Waals surface area contributed by atoms with Crippen molar-refractivity contribution in [2.45, 2.75) is 32.7 Å². The van der Waals surface area contributed by atoms with Crippen LogP contribution in [0.3, 0.4) is 0 Å². The predicted octanol–water partition coefficient (Wildman–Crippen LogP) is 3.01. The summed E-state index contributed by atoms with van der Waals surface area (Å²) in [5.41, 5.74) is 1.91. The zero-order valence-corrected chi connectivity index (χ0v) is 12.7. The maximum atomic E-state index is 11.8. The summed E-state index contributed by atoms with van der Waals surface area (Å²) in [6, 6.07) is 3.86. The minimum Gasteiger partial charge on any atom is -0.511 e. The SMILES string of the molecule is CCOC(=O)/C(Sc1nc(C)cc(C)c1C#N)=C(\C)O. The second-order valence-corrected chi connectivity index (χ2v) is 5.11. The average molecular weight is 292 g/mol. The normalized spacial score (nSPS) is 11.6. The summed E-state index contributed by atoms with van der Waals surface area (Å²) >= 11 is 0.946. The van der Waals surface area contributed by atoms with E-state index in [4.69, 9.17) is 4.74 Å². The van der Waals surface area contributed by atoms with Crippen LogP contribution in [0.5, 0.6) is 0 Å². The first kappa shape index (κ1) is 16.1. The number of hydrogen-bond acceptors (Lipinski definition) is 6. The third-order valence-corrected chi connectivity index (χ3v) is 3.57. The summed E-state index contributed by atoms with van der Waals surface area (Å²) < 4.78 is 4.88. The van der Waals surface area contributed by atoms with Gasteiger partial charge in [-0.2, -0.15) is 5.26 Å². The van der Waals surface area contributed by atoms with Crippen LogP contribution < -0.4 is 0 Å². The van der Waals surface area contributed by atoms with Crippen LogP contribution in [-0.4, -0.2) is 22.7 Å². The molecule has 0 fully saturated rings. The smallest absolute Gasteiger partial charge is 0.348 e. The van der Waals surface area contributed by atoms with Crippen molar-refractivity contribution in [3.63, 3.8) is 0 Å². The molecule has 0 radical (unpaired) electrons. The van der Waals surface area contributed by atoms with Gasteiger partial charge in [0.15, 0.2) is 0 Å². The fourth-order valence-corrected chi connectivity index (χ4v) is 2.55. The molecule has 0 aliphatic carbocycles. The van der Waals surface area contributed by atoms with Crippen molar-refractivity contribution in [2.24, 2.45) is 0 Å². The first-order chi connectivity index (χ1) is 9.40. The molecule has 0 bridgehead atoms. The van der Waals surface area contributed by atoms with E-state index in [1.807, 2.05) is 0 Å². The summed E-state index contributed by atoms with van der Waals surface area (Å²) in [5.74, 6) is -0.777. The van der Waals surface area contributed by atoms with Gasteiger partial charge in [-0.15, -0.1) is 0 Å². The molecule has 1 heterocycles. The molecule has 0 saturated heterocycles. The number of nitrogens with zero attached hydrogens (tertiary/aromatic N) is 2. The Hall–Kier alpha value is -2.00. The lowest BCUT2D eigenvalue weighted by molar-refractivity contribution is -0.137. The van der Waals surface area contributed by atoms with Crippen LogP contribution in [0, 0.1) is 25.2 Å². The van der Waals surface area contributed by atoms with E-state index in [1.165, 1.54) is 6.92 Å². The third-order valence-electron chi connectivity index (χ3n) is 2.41. The zero-order valence-electron chi connectivity index (χ0n) is 11.9. The van der Waals surface area contributed by atoms with Gasteiger partial charge in [0, 0.05) is 5.69 Å². The summed E-state index contributed by atoms with van der Waals surface area (Å²) in [6.45, 7) is 6.90. The molecule has 6 heteroatoms. The number of carbonyl (C=O) groups is 1. The minimum absolute atomic E-state index is 0.0425. The fraction of sp³-hybridized carbons (Fsp3) is 0.357. The topological polar surface area (TPSA) is 83.2 Å². The molecule has 1 aromatic heterocycles. The standard InChI is InChI=1S/C14H16N2O3S/c1-5-19-14(18)12(10(4)17)20-13-11(7-15)8(2)6-9(3)16-13/h6,17H,5H2,1-4H3/b12-10-. The van der Waals surface area contributed by atoms with Gasteiger partial charge < -0.3 is 9.84 Å². The van der Waals surface area contributed by atoms with Gasteiger partial charge in [0.1, 0.15) is 21.8 Å². The Kier molecular flexibility index (Phi) is 5.59. The molecule has 0 aliphatic heterocycles. The Morgan fingerprint density at radius 1 is 1.55 bits per heavy atom. The van der Waals surface area contributed by atoms with Gasteiger partial charge in [-0.25, -0.2) is 9.78 Å². The van der Waals surface area contributed by atoms with E-state index >= 15 is 0 Å². The molecule has 0 aromatic carbocycles. The second kappa shape index (κ2) is 6.96. The van der Waals surface area contributed by atoms with Gasteiger partial charge in [0.05, 0.1) is 12.2 Å². The van der Waals surface area contributed by atoms with E-state index in [1.54, 1.807) is 26.8 Å². The van der Waals surface area contributed by atoms with Crippen LogP contribution >= 0.6 is 11.8 Å². The van der Waals surface area contributed by atoms with Crippen molar-refractivity contribution in [3.8, 4) is 6.07 Å². The van der Waals surface area contributed by atoms with Crippen LogP contribution in [0.15, 0.2) is 21.8 Å². The Morgan fingerprint density at radius 2 is 2.20 bits per heavy atom. The quantitative estimate of drug-likeness (QED) is 0.397. The number of esters is 1. The van der Waals surface area contributed by atoms with Crippen molar-refractivity contribution < 1.29 is 14.6 Å². The number of nitriles is 1. The first-order valence-corrected chi connectivity index (χ1v) is 6.85. The molecule has 0 unspecified atom stereocenters. The van der Waals surface area contributed by atoms with Crippen LogP contribution in [0.4, 0.5) is 0 Å². The van der Waals surface area contributed by atoms with E-state index in [0.717, 1.165) is 23.0 Å². The van der Waals surface area contributed by atoms with Gasteiger partial charge in [-0.1, -0.05) is 11.8 Å². The number of thioether (sulfide) groups is 1. The molecule has 5 nitrogen and oxygen atoms in total. The summed E-state index contributed by atoms with van der Waals surface area (Å²) in [5, 5.41) is 19.2. The molecular weight excluding hydrogens is 276 g/mol. The molecule has 0 saturated carbocycles. The van der Waals surface area contributed by atoms with Crippen LogP contribution in [0.1, 0.15) is 30.7 Å². The molecule has 1 N–H and O–H groups in total. The second-order valence-electron chi connectivity index (χ2n) is 4.11. The summed E-state index contributed by atoms with van der Waals surface area (Å²) in [7, 11) is 0. The van der Waals surface area contributed by atoms with Crippen molar-refractivity contribution in [1.82, 2.24) is 4.98 Å². The number of aryl methyl sites for hydroxylation is 2. The number of rotatable bonds is 4. The Balaban J connectivity index is 3.24. The van der Waals surface area contributed by atoms with Gasteiger partial charge in [-0.3, -0.25) is 0 Å². The van der Waals surface area contributed by atoms with Crippen LogP contribution in [-0.2, 0) is 9.53 Å². The Labute approximate surface area is 122 Å². The lowest BCUT2D eigenvalue weighted by Gasteiger charge is -2.10. The Bertz CT molecular complexity index is 599. The highest BCUT2D eigenvalue weighted by Gasteiger charge is 2.20. The number of aliphatic hydroxyl groups is 1. The molecule has 0 atom stereocenters. The van der Waals surface area contributed by atoms with Crippen molar-refractivity contribution >= 4 is 17.7 Å². The summed E-state index contributed by atoms with van der Waals surface area (Å²) in [6.07, 6.45) is 0. The predicted molar refractivity (Wildman–Crippen MR) is 76.2 cm³/mol. The number of hydrogen-bond donors (Lipinski definition) is 1. The fourth-order valence-electron chi connectivity index (χ4n) is 1.57. The largest absolute Gasteiger partial charge is 0.511 e. The van der Waals surface area contributed by atoms with Gasteiger partial charge in [0.25, 0.3) is 0 Å². The lowest BCUT2D eigenvalue weighted by atomic mass is 10.1. The molecule has 0 amide bonds. The molecule has 20 heavy (non-hydrogen) atoms. The molecule has 106 valence electrons. The highest BCUT2D eigenvalue weighted by molar-refractivity contribution is 8.04. The van der Waals surface area contributed by atoms with E-state index in [9.17, 15) is 15.2 Å². The number of allylic oxidation sites excluding steroid dienone is 1. The monoisotopic (exact) mass is 292 g/mol. The van der Waals surface area contributed by atoms with Gasteiger partial charge >= 0.3 is 5.97 Å². The molecule has 1 aromatic rings. The van der Waals surface area contributed by atoms with Crippen molar-refractivity contribution in [2.75, 3.05) is 6.61 Å². The van der Waals surface area contributed by atoms with E-state index in [0.29, 0.717) is 10.6 Å². The third kappa shape index (κ3) is 3.75. The number of aromatic nitrogens is 1. The molecule has 0 spiro atoms. The zero-order chi connectivity index (χ0) is 15.3. The van der Waals surface area contributed by atoms with E-state index < -0.39 is 5.97 Å². The highest BCUT2D eigenvalue weighted by atomic mass is 32.2. The van der Waals surface area contributed by atoms with Gasteiger partial charge in [-0.05, 0) is 39.3 Å². The Morgan fingerprint density at radius 3 is 2.70 bits per heavy atom. The number of carbonyl (C=O) groups excluding carboxylic acids is 1.